The zero-order valence-electron chi connectivity index (χ0n) is 20.8. The van der Waals surface area contributed by atoms with Gasteiger partial charge in [0.15, 0.2) is 5.69 Å². The van der Waals surface area contributed by atoms with Gasteiger partial charge in [-0.2, -0.15) is 8.42 Å². The van der Waals surface area contributed by atoms with E-state index in [9.17, 15) is 23.1 Å². The molecule has 40 heavy (non-hydrogen) atoms. The first kappa shape index (κ1) is 26.9. The van der Waals surface area contributed by atoms with Crippen molar-refractivity contribution in [2.24, 2.45) is 0 Å². The number of thiazole rings is 1. The van der Waals surface area contributed by atoms with Crippen molar-refractivity contribution in [1.29, 1.82) is 0 Å². The van der Waals surface area contributed by atoms with E-state index in [1.54, 1.807) is 18.2 Å². The van der Waals surface area contributed by atoms with Gasteiger partial charge in [0.05, 0.1) is 33.7 Å². The molecule has 0 aliphatic carbocycles. The maximum absolute atomic E-state index is 12.3. The number of carboxylic acids is 1. The van der Waals surface area contributed by atoms with E-state index in [0.717, 1.165) is 10.2 Å². The lowest BCUT2D eigenvalue weighted by Crippen LogP contribution is -2.43. The summed E-state index contributed by atoms with van der Waals surface area (Å²) in [6.45, 7) is -0.238. The maximum Gasteiger partial charge on any atom is 0.340 e. The van der Waals surface area contributed by atoms with Crippen LogP contribution in [-0.4, -0.2) is 69.3 Å². The highest BCUT2D eigenvalue weighted by molar-refractivity contribution is 7.85. The Morgan fingerprint density at radius 3 is 2.52 bits per heavy atom. The average Bonchev–Trinajstić information content (AvgIpc) is 3.57. The van der Waals surface area contributed by atoms with Crippen LogP contribution in [0.1, 0.15) is 20.7 Å². The first-order chi connectivity index (χ1) is 19.1. The molecule has 13 nitrogen and oxygen atoms in total. The third-order valence-corrected chi connectivity index (χ3v) is 7.43. The number of aromatic carboxylic acids is 1. The number of methoxy groups -OCH3 is 1. The molecule has 0 radical (unpaired) electrons. The van der Waals surface area contributed by atoms with Gasteiger partial charge in [-0.05, 0) is 58.4 Å². The van der Waals surface area contributed by atoms with Crippen LogP contribution in [0.15, 0.2) is 66.7 Å². The number of carbonyl (C=O) groups excluding carboxylic acids is 1. The van der Waals surface area contributed by atoms with Gasteiger partial charge < -0.3 is 15.2 Å². The van der Waals surface area contributed by atoms with Crippen molar-refractivity contribution in [1.82, 2.24) is 25.3 Å². The van der Waals surface area contributed by atoms with Gasteiger partial charge in [-0.1, -0.05) is 23.5 Å². The Hall–Kier alpha value is -4.73. The van der Waals surface area contributed by atoms with Crippen LogP contribution in [0.2, 0.25) is 0 Å². The number of tetrazole rings is 1. The summed E-state index contributed by atoms with van der Waals surface area (Å²) in [6, 6.07) is 18.4. The summed E-state index contributed by atoms with van der Waals surface area (Å²) in [7, 11) is -2.81. The Morgan fingerprint density at radius 2 is 1.85 bits per heavy atom. The minimum atomic E-state index is -4.19. The van der Waals surface area contributed by atoms with Crippen molar-refractivity contribution in [2.75, 3.05) is 19.4 Å². The van der Waals surface area contributed by atoms with E-state index in [-0.39, 0.29) is 23.4 Å². The van der Waals surface area contributed by atoms with Gasteiger partial charge in [-0.3, -0.25) is 9.35 Å². The Kier molecular flexibility index (Phi) is 7.25. The van der Waals surface area contributed by atoms with Gasteiger partial charge in [0, 0.05) is 23.0 Å². The number of fused-ring (bicyclic) bond motifs is 1. The molecule has 0 aliphatic rings. The number of hydrogen-bond donors (Lipinski definition) is 3. The Morgan fingerprint density at radius 1 is 1.10 bits per heavy atom. The van der Waals surface area contributed by atoms with Gasteiger partial charge in [-0.25, -0.2) is 9.78 Å². The molecule has 5 aromatic rings. The van der Waals surface area contributed by atoms with Crippen molar-refractivity contribution in [3.8, 4) is 28.0 Å². The number of carbonyl (C=O) groups is 2. The number of benzene rings is 3. The smallest absolute Gasteiger partial charge is 0.340 e. The Bertz CT molecular complexity index is 1820. The van der Waals surface area contributed by atoms with E-state index in [1.165, 1.54) is 52.3 Å². The van der Waals surface area contributed by atoms with Crippen LogP contribution in [0.25, 0.3) is 32.4 Å². The number of para-hydroxylation sites is 1. The summed E-state index contributed by atoms with van der Waals surface area (Å²) in [6.07, 6.45) is 0. The number of aromatic nitrogens is 5. The van der Waals surface area contributed by atoms with Crippen LogP contribution >= 0.6 is 11.3 Å². The molecule has 0 spiro atoms. The quantitative estimate of drug-likeness (QED) is 0.173. The third-order valence-electron chi connectivity index (χ3n) is 5.71. The lowest BCUT2D eigenvalue weighted by molar-refractivity contribution is -0.734. The lowest BCUT2D eigenvalue weighted by atomic mass is 10.1. The van der Waals surface area contributed by atoms with Crippen molar-refractivity contribution >= 4 is 43.5 Å². The zero-order valence-corrected chi connectivity index (χ0v) is 22.4. The number of amides is 1. The fourth-order valence-corrected chi connectivity index (χ4v) is 5.05. The van der Waals surface area contributed by atoms with Gasteiger partial charge in [-0.15, -0.1) is 0 Å². The highest BCUT2D eigenvalue weighted by Gasteiger charge is 2.27. The molecule has 1 amide bonds. The van der Waals surface area contributed by atoms with Gasteiger partial charge in [0.25, 0.3) is 21.2 Å². The minimum Gasteiger partial charge on any atom is -0.496 e. The molecular weight excluding hydrogens is 560 g/mol. The van der Waals surface area contributed by atoms with Crippen molar-refractivity contribution in [2.45, 2.75) is 0 Å². The number of hydrogen-bond acceptors (Lipinski definition) is 9. The highest BCUT2D eigenvalue weighted by Crippen LogP contribution is 2.25. The van der Waals surface area contributed by atoms with E-state index in [0.29, 0.717) is 22.2 Å². The Balaban J connectivity index is 1.53. The largest absolute Gasteiger partial charge is 0.496 e. The van der Waals surface area contributed by atoms with Crippen molar-refractivity contribution in [3.63, 3.8) is 0 Å². The highest BCUT2D eigenvalue weighted by atomic mass is 32.2. The van der Waals surface area contributed by atoms with Gasteiger partial charge in [0.2, 0.25) is 0 Å². The fraction of sp³-hybridized carbons (Fsp3) is 0.120. The molecule has 0 aliphatic heterocycles. The molecule has 3 N–H and O–H groups in total. The molecule has 2 heterocycles. The first-order valence-corrected chi connectivity index (χ1v) is 14.1. The van der Waals surface area contributed by atoms with E-state index < -0.39 is 27.7 Å². The molecule has 0 saturated heterocycles. The third kappa shape index (κ3) is 5.66. The van der Waals surface area contributed by atoms with Crippen molar-refractivity contribution < 1.29 is 37.2 Å². The second kappa shape index (κ2) is 10.8. The standard InChI is InChI=1S/C25H20N6O7S2/c1-38-20-14-17(10-11-18(20)24(33)34)30-28-22(29-31(30)25-27-19-4-2-3-5-21(19)39-25)15-6-8-16(9-7-15)23(32)26-12-13-40(35,36)37/h2-11,14H,12-13H2,1H3,(H2-,26,32,33,34,35,36,37)/p+1. The number of carboxylic acid groups (broad SMARTS) is 1. The van der Waals surface area contributed by atoms with Crippen LogP contribution in [0.4, 0.5) is 0 Å². The summed E-state index contributed by atoms with van der Waals surface area (Å²) in [5.41, 5.74) is 2.07. The molecule has 0 saturated carbocycles. The van der Waals surface area contributed by atoms with E-state index in [1.807, 2.05) is 24.3 Å². The van der Waals surface area contributed by atoms with Crippen LogP contribution in [0.5, 0.6) is 5.75 Å². The molecule has 204 valence electrons. The molecule has 0 fully saturated rings. The number of ether oxygens (including phenoxy) is 1. The van der Waals surface area contributed by atoms with Gasteiger partial charge >= 0.3 is 11.8 Å². The predicted molar refractivity (Wildman–Crippen MR) is 144 cm³/mol. The molecule has 2 aromatic heterocycles. The molecule has 0 atom stereocenters. The summed E-state index contributed by atoms with van der Waals surface area (Å²) in [5.74, 6) is -1.81. The summed E-state index contributed by atoms with van der Waals surface area (Å²) >= 11 is 1.39. The zero-order chi connectivity index (χ0) is 28.4. The van der Waals surface area contributed by atoms with Crippen LogP contribution in [0.3, 0.4) is 0 Å². The number of rotatable bonds is 9. The number of nitrogens with one attached hydrogen (secondary N) is 1. The molecule has 15 heteroatoms. The van der Waals surface area contributed by atoms with Gasteiger partial charge in [0.1, 0.15) is 11.3 Å². The summed E-state index contributed by atoms with van der Waals surface area (Å²) in [5, 5.41) is 21.7. The molecule has 0 bridgehead atoms. The lowest BCUT2D eigenvalue weighted by Gasteiger charge is -2.05. The topological polar surface area (TPSA) is 177 Å². The molecule has 5 rings (SSSR count). The first-order valence-electron chi connectivity index (χ1n) is 11.6. The van der Waals surface area contributed by atoms with Crippen LogP contribution in [0, 0.1) is 0 Å². The fourth-order valence-electron chi connectivity index (χ4n) is 3.78. The van der Waals surface area contributed by atoms with E-state index >= 15 is 0 Å². The normalized spacial score (nSPS) is 11.4. The number of nitrogens with zero attached hydrogens (tertiary/aromatic N) is 5. The summed E-state index contributed by atoms with van der Waals surface area (Å²) < 4.78 is 36.8. The average molecular weight is 582 g/mol. The molecule has 0 unspecified atom stereocenters. The summed E-state index contributed by atoms with van der Waals surface area (Å²) in [4.78, 5) is 31.6. The van der Waals surface area contributed by atoms with Crippen molar-refractivity contribution in [3.05, 3.63) is 77.9 Å². The maximum atomic E-state index is 12.3. The second-order valence-corrected chi connectivity index (χ2v) is 11.0. The Labute approximate surface area is 231 Å². The molecule has 3 aromatic carbocycles. The van der Waals surface area contributed by atoms with Crippen LogP contribution < -0.4 is 14.9 Å². The van der Waals surface area contributed by atoms with Crippen LogP contribution in [-0.2, 0) is 10.1 Å². The van der Waals surface area contributed by atoms with E-state index in [4.69, 9.17) is 9.29 Å². The SMILES string of the molecule is COc1cc(-[n+]2nc(-c3ccc(C(=O)NCCS(=O)(=O)O)cc3)nn2-c2nc3ccccc3s2)ccc1C(=O)O. The molecular formula is C25H21N6O7S2+. The minimum absolute atomic E-state index is 0.0106. The monoisotopic (exact) mass is 581 g/mol. The predicted octanol–water partition coefficient (Wildman–Crippen LogP) is 2.15. The second-order valence-electron chi connectivity index (χ2n) is 8.38. The van der Waals surface area contributed by atoms with E-state index in [2.05, 4.69) is 20.5 Å².